The Balaban J connectivity index is 1.65. The van der Waals surface area contributed by atoms with Gasteiger partial charge in [0.15, 0.2) is 0 Å². The van der Waals surface area contributed by atoms with Crippen molar-refractivity contribution >= 4 is 27.3 Å². The number of carbonyl (C=O) groups is 1. The van der Waals surface area contributed by atoms with Crippen LogP contribution in [0.1, 0.15) is 18.4 Å². The van der Waals surface area contributed by atoms with Gasteiger partial charge in [0.2, 0.25) is 15.9 Å². The number of non-ortho nitro benzene ring substituents is 1. The SMILES string of the molecule is Cc1ccc([N+](=O)[O-])cc1NC(=O)C1CCN(S(=O)(=O)c2ccc(F)cc2)CC1. The maximum absolute atomic E-state index is 13.0. The van der Waals surface area contributed by atoms with Crippen molar-refractivity contribution < 1.29 is 22.5 Å². The van der Waals surface area contributed by atoms with Gasteiger partial charge in [0.1, 0.15) is 5.82 Å². The lowest BCUT2D eigenvalue weighted by Gasteiger charge is -2.30. The monoisotopic (exact) mass is 421 g/mol. The van der Waals surface area contributed by atoms with Crippen LogP contribution >= 0.6 is 0 Å². The predicted molar refractivity (Wildman–Crippen MR) is 104 cm³/mol. The molecule has 0 aromatic heterocycles. The van der Waals surface area contributed by atoms with Crippen LogP contribution < -0.4 is 5.32 Å². The summed E-state index contributed by atoms with van der Waals surface area (Å²) in [4.78, 5) is 23.0. The van der Waals surface area contributed by atoms with E-state index >= 15 is 0 Å². The van der Waals surface area contributed by atoms with Gasteiger partial charge in [-0.05, 0) is 49.6 Å². The number of nitro groups is 1. The number of halogens is 1. The van der Waals surface area contributed by atoms with E-state index in [1.165, 1.54) is 28.6 Å². The van der Waals surface area contributed by atoms with E-state index in [9.17, 15) is 27.7 Å². The standard InChI is InChI=1S/C19H20FN3O5S/c1-13-2-5-16(23(25)26)12-18(13)21-19(24)14-8-10-22(11-9-14)29(27,28)17-6-3-15(20)4-7-17/h2-7,12,14H,8-11H2,1H3,(H,21,24). The van der Waals surface area contributed by atoms with E-state index in [4.69, 9.17) is 0 Å². The maximum Gasteiger partial charge on any atom is 0.271 e. The smallest absolute Gasteiger partial charge is 0.271 e. The minimum absolute atomic E-state index is 0.00835. The summed E-state index contributed by atoms with van der Waals surface area (Å²) in [6.45, 7) is 2.05. The van der Waals surface area contributed by atoms with Gasteiger partial charge in [-0.3, -0.25) is 14.9 Å². The second-order valence-corrected chi connectivity index (χ2v) is 8.82. The minimum Gasteiger partial charge on any atom is -0.325 e. The summed E-state index contributed by atoms with van der Waals surface area (Å²) in [5.74, 6) is -1.23. The number of rotatable bonds is 5. The van der Waals surface area contributed by atoms with Gasteiger partial charge >= 0.3 is 0 Å². The topological polar surface area (TPSA) is 110 Å². The molecule has 0 atom stereocenters. The molecule has 3 rings (SSSR count). The maximum atomic E-state index is 13.0. The van der Waals surface area contributed by atoms with Crippen molar-refractivity contribution in [3.63, 3.8) is 0 Å². The number of hydrogen-bond acceptors (Lipinski definition) is 5. The Labute approximate surface area is 167 Å². The van der Waals surface area contributed by atoms with Crippen LogP contribution in [0, 0.1) is 28.8 Å². The van der Waals surface area contributed by atoms with Crippen LogP contribution in [0.2, 0.25) is 0 Å². The van der Waals surface area contributed by atoms with Gasteiger partial charge in [-0.25, -0.2) is 12.8 Å². The van der Waals surface area contributed by atoms with E-state index in [0.717, 1.165) is 12.1 Å². The van der Waals surface area contributed by atoms with Crippen LogP contribution in [0.25, 0.3) is 0 Å². The zero-order valence-electron chi connectivity index (χ0n) is 15.7. The van der Waals surface area contributed by atoms with Gasteiger partial charge in [0.25, 0.3) is 5.69 Å². The number of benzene rings is 2. The number of anilines is 1. The molecule has 8 nitrogen and oxygen atoms in total. The third-order valence-electron chi connectivity index (χ3n) is 4.97. The number of sulfonamides is 1. The van der Waals surface area contributed by atoms with Crippen molar-refractivity contribution in [3.8, 4) is 0 Å². The highest BCUT2D eigenvalue weighted by molar-refractivity contribution is 7.89. The van der Waals surface area contributed by atoms with Gasteiger partial charge in [-0.15, -0.1) is 0 Å². The third kappa shape index (κ3) is 4.60. The van der Waals surface area contributed by atoms with Crippen LogP contribution in [0.5, 0.6) is 0 Å². The Morgan fingerprint density at radius 3 is 2.38 bits per heavy atom. The first kappa shape index (κ1) is 20.9. The number of nitrogens with zero attached hydrogens (tertiary/aromatic N) is 2. The highest BCUT2D eigenvalue weighted by Crippen LogP contribution is 2.27. The quantitative estimate of drug-likeness (QED) is 0.589. The van der Waals surface area contributed by atoms with Gasteiger partial charge in [-0.1, -0.05) is 6.07 Å². The lowest BCUT2D eigenvalue weighted by atomic mass is 9.97. The highest BCUT2D eigenvalue weighted by Gasteiger charge is 2.32. The van der Waals surface area contributed by atoms with E-state index in [0.29, 0.717) is 24.1 Å². The average Bonchev–Trinajstić information content (AvgIpc) is 2.70. The lowest BCUT2D eigenvalue weighted by Crippen LogP contribution is -2.41. The van der Waals surface area contributed by atoms with Crippen molar-refractivity contribution in [1.82, 2.24) is 4.31 Å². The van der Waals surface area contributed by atoms with Crippen molar-refractivity contribution in [2.45, 2.75) is 24.7 Å². The summed E-state index contributed by atoms with van der Waals surface area (Å²) in [5, 5.41) is 13.6. The molecule has 154 valence electrons. The molecule has 2 aromatic carbocycles. The van der Waals surface area contributed by atoms with Gasteiger partial charge in [-0.2, -0.15) is 4.31 Å². The number of aryl methyl sites for hydroxylation is 1. The largest absolute Gasteiger partial charge is 0.325 e. The summed E-state index contributed by atoms with van der Waals surface area (Å²) >= 11 is 0. The molecule has 1 amide bonds. The first-order valence-corrected chi connectivity index (χ1v) is 10.4. The first-order valence-electron chi connectivity index (χ1n) is 9.00. The van der Waals surface area contributed by atoms with Crippen molar-refractivity contribution in [2.24, 2.45) is 5.92 Å². The number of carbonyl (C=O) groups excluding carboxylic acids is 1. The Hall–Kier alpha value is -2.85. The molecule has 1 aliphatic rings. The summed E-state index contributed by atoms with van der Waals surface area (Å²) in [6.07, 6.45) is 0.639. The fourth-order valence-electron chi connectivity index (χ4n) is 3.21. The molecule has 2 aromatic rings. The molecule has 1 fully saturated rings. The Bertz CT molecular complexity index is 1030. The fraction of sp³-hybridized carbons (Fsp3) is 0.316. The molecule has 10 heteroatoms. The third-order valence-corrected chi connectivity index (χ3v) is 6.88. The van der Waals surface area contributed by atoms with Crippen molar-refractivity contribution in [1.29, 1.82) is 0 Å². The second kappa shape index (κ2) is 8.26. The Morgan fingerprint density at radius 1 is 1.17 bits per heavy atom. The van der Waals surface area contributed by atoms with E-state index < -0.39 is 26.7 Å². The van der Waals surface area contributed by atoms with Crippen LogP contribution in [-0.2, 0) is 14.8 Å². The number of nitrogens with one attached hydrogen (secondary N) is 1. The molecule has 0 spiro atoms. The van der Waals surface area contributed by atoms with Gasteiger partial charge in [0, 0.05) is 31.1 Å². The fourth-order valence-corrected chi connectivity index (χ4v) is 4.68. The number of nitro benzene ring substituents is 1. The normalized spacial score (nSPS) is 15.8. The first-order chi connectivity index (χ1) is 13.7. The van der Waals surface area contributed by atoms with Crippen LogP contribution in [0.3, 0.4) is 0 Å². The number of piperidine rings is 1. The molecule has 0 aliphatic carbocycles. The van der Waals surface area contributed by atoms with E-state index in [1.54, 1.807) is 13.0 Å². The molecule has 0 bridgehead atoms. The molecule has 1 N–H and O–H groups in total. The van der Waals surface area contributed by atoms with Crippen molar-refractivity contribution in [3.05, 3.63) is 64.0 Å². The molecule has 0 radical (unpaired) electrons. The zero-order chi connectivity index (χ0) is 21.2. The lowest BCUT2D eigenvalue weighted by molar-refractivity contribution is -0.384. The average molecular weight is 421 g/mol. The van der Waals surface area contributed by atoms with E-state index in [1.807, 2.05) is 0 Å². The highest BCUT2D eigenvalue weighted by atomic mass is 32.2. The molecule has 1 aliphatic heterocycles. The van der Waals surface area contributed by atoms with Gasteiger partial charge < -0.3 is 5.32 Å². The van der Waals surface area contributed by atoms with Crippen LogP contribution in [0.4, 0.5) is 15.8 Å². The summed E-state index contributed by atoms with van der Waals surface area (Å²) in [7, 11) is -3.75. The van der Waals surface area contributed by atoms with Crippen molar-refractivity contribution in [2.75, 3.05) is 18.4 Å². The second-order valence-electron chi connectivity index (χ2n) is 6.88. The zero-order valence-corrected chi connectivity index (χ0v) is 16.5. The molecular weight excluding hydrogens is 401 g/mol. The van der Waals surface area contributed by atoms with E-state index in [2.05, 4.69) is 5.32 Å². The van der Waals surface area contributed by atoms with Crippen LogP contribution in [0.15, 0.2) is 47.4 Å². The predicted octanol–water partition coefficient (Wildman–Crippen LogP) is 3.08. The molecule has 29 heavy (non-hydrogen) atoms. The molecule has 0 saturated carbocycles. The Kier molecular flexibility index (Phi) is 5.94. The van der Waals surface area contributed by atoms with E-state index in [-0.39, 0.29) is 29.6 Å². The molecule has 1 heterocycles. The minimum atomic E-state index is -3.75. The van der Waals surface area contributed by atoms with Gasteiger partial charge in [0.05, 0.1) is 15.5 Å². The summed E-state index contributed by atoms with van der Waals surface area (Å²) in [6, 6.07) is 8.85. The number of amides is 1. The molecular formula is C19H20FN3O5S. The molecule has 1 saturated heterocycles. The summed E-state index contributed by atoms with van der Waals surface area (Å²) < 4.78 is 39.6. The molecule has 0 unspecified atom stereocenters. The van der Waals surface area contributed by atoms with Crippen LogP contribution in [-0.4, -0.2) is 36.6 Å². The summed E-state index contributed by atoms with van der Waals surface area (Å²) in [5.41, 5.74) is 0.942. The number of hydrogen-bond donors (Lipinski definition) is 1. The Morgan fingerprint density at radius 2 is 1.79 bits per heavy atom.